The fourth-order valence-electron chi connectivity index (χ4n) is 2.93. The van der Waals surface area contributed by atoms with Gasteiger partial charge in [0.05, 0.1) is 11.8 Å². The normalized spacial score (nSPS) is 30.5. The van der Waals surface area contributed by atoms with Gasteiger partial charge < -0.3 is 15.2 Å². The van der Waals surface area contributed by atoms with E-state index in [2.05, 4.69) is 10.6 Å². The molecule has 2 heterocycles. The van der Waals surface area contributed by atoms with Crippen LogP contribution in [-0.2, 0) is 4.74 Å². The average molecular weight is 299 g/mol. The van der Waals surface area contributed by atoms with Crippen molar-refractivity contribution in [3.05, 3.63) is 0 Å². The molecule has 0 saturated carbocycles. The first kappa shape index (κ1) is 16.5. The number of likely N-dealkylation sites (tertiary alicyclic amines) is 1. The highest BCUT2D eigenvalue weighted by Gasteiger charge is 2.35. The molecule has 2 aliphatic rings. The van der Waals surface area contributed by atoms with Crippen LogP contribution < -0.4 is 10.6 Å². The molecule has 2 atom stereocenters. The van der Waals surface area contributed by atoms with Gasteiger partial charge in [0.25, 0.3) is 0 Å². The lowest BCUT2D eigenvalue weighted by molar-refractivity contribution is 0.000154. The molecule has 2 fully saturated rings. The fourth-order valence-corrected chi connectivity index (χ4v) is 2.93. The molecule has 0 spiro atoms. The molecule has 6 nitrogen and oxygen atoms in total. The van der Waals surface area contributed by atoms with E-state index in [-0.39, 0.29) is 12.3 Å². The summed E-state index contributed by atoms with van der Waals surface area (Å²) >= 11 is 0. The van der Waals surface area contributed by atoms with Gasteiger partial charge in [0, 0.05) is 19.6 Å². The number of piperidine rings is 1. The number of carbonyl (C=O) groups is 1. The van der Waals surface area contributed by atoms with Crippen molar-refractivity contribution in [1.29, 1.82) is 0 Å². The van der Waals surface area contributed by atoms with E-state index in [1.165, 1.54) is 0 Å². The summed E-state index contributed by atoms with van der Waals surface area (Å²) in [6, 6.07) is 0. The first-order valence-electron chi connectivity index (χ1n) is 7.95. The first-order valence-corrected chi connectivity index (χ1v) is 7.95. The second kappa shape index (κ2) is 6.50. The lowest BCUT2D eigenvalue weighted by Crippen LogP contribution is -2.56. The quantitative estimate of drug-likeness (QED) is 0.726. The number of β-amino-alcohol motifs (C(OH)–C–C–N with tert-alkyl or cyclic N) is 1. The van der Waals surface area contributed by atoms with E-state index in [0.29, 0.717) is 19.6 Å². The van der Waals surface area contributed by atoms with Crippen molar-refractivity contribution >= 4 is 6.09 Å². The van der Waals surface area contributed by atoms with Crippen molar-refractivity contribution in [3.8, 4) is 0 Å². The molecule has 6 heteroatoms. The lowest BCUT2D eigenvalue weighted by Gasteiger charge is -2.35. The van der Waals surface area contributed by atoms with Crippen molar-refractivity contribution in [2.24, 2.45) is 0 Å². The number of ether oxygens (including phenoxy) is 1. The Bertz CT molecular complexity index is 362. The topological polar surface area (TPSA) is 73.8 Å². The van der Waals surface area contributed by atoms with E-state index in [1.807, 2.05) is 20.8 Å². The molecule has 0 aromatic carbocycles. The van der Waals surface area contributed by atoms with E-state index in [1.54, 1.807) is 4.90 Å². The molecule has 2 saturated heterocycles. The zero-order valence-electron chi connectivity index (χ0n) is 13.4. The molecule has 21 heavy (non-hydrogen) atoms. The van der Waals surface area contributed by atoms with Crippen LogP contribution >= 0.6 is 0 Å². The smallest absolute Gasteiger partial charge is 0.411 e. The maximum atomic E-state index is 12.2. The minimum atomic E-state index is -0.708. The number of amides is 1. The van der Waals surface area contributed by atoms with Crippen LogP contribution in [-0.4, -0.2) is 59.6 Å². The molecular formula is C15H29N3O3. The molecule has 2 unspecified atom stereocenters. The maximum Gasteiger partial charge on any atom is 0.411 e. The molecule has 3 N–H and O–H groups in total. The average Bonchev–Trinajstić information content (AvgIpc) is 2.84. The van der Waals surface area contributed by atoms with Crippen LogP contribution in [0.2, 0.25) is 0 Å². The number of rotatable bonds is 3. The van der Waals surface area contributed by atoms with Crippen molar-refractivity contribution < 1.29 is 14.6 Å². The Morgan fingerprint density at radius 1 is 1.48 bits per heavy atom. The predicted octanol–water partition coefficient (Wildman–Crippen LogP) is 1.05. The van der Waals surface area contributed by atoms with Crippen LogP contribution in [0.3, 0.4) is 0 Å². The van der Waals surface area contributed by atoms with E-state index >= 15 is 0 Å². The molecule has 0 radical (unpaired) electrons. The first-order chi connectivity index (χ1) is 9.79. The highest BCUT2D eigenvalue weighted by molar-refractivity contribution is 5.68. The Kier molecular flexibility index (Phi) is 5.11. The summed E-state index contributed by atoms with van der Waals surface area (Å²) in [5.74, 6) is 0. The molecule has 0 bridgehead atoms. The van der Waals surface area contributed by atoms with Crippen LogP contribution in [0, 0.1) is 0 Å². The second-order valence-corrected chi connectivity index (χ2v) is 7.22. The zero-order valence-corrected chi connectivity index (χ0v) is 13.4. The summed E-state index contributed by atoms with van der Waals surface area (Å²) < 4.78 is 5.44. The summed E-state index contributed by atoms with van der Waals surface area (Å²) in [5.41, 5.74) is -1.18. The third kappa shape index (κ3) is 4.83. The largest absolute Gasteiger partial charge is 0.444 e. The molecule has 0 aromatic rings. The molecule has 2 aliphatic heterocycles. The standard InChI is InChI=1S/C15H29N3O3/c1-14(2,3)21-13(19)18-9-4-6-12(18)17-11-15(20)7-5-8-16-10-15/h12,16-17,20H,4-11H2,1-3H3. The third-order valence-electron chi connectivity index (χ3n) is 4.00. The van der Waals surface area contributed by atoms with E-state index in [4.69, 9.17) is 4.74 Å². The predicted molar refractivity (Wildman–Crippen MR) is 81.0 cm³/mol. The number of aliphatic hydroxyl groups is 1. The van der Waals surface area contributed by atoms with Gasteiger partial charge in [0.15, 0.2) is 0 Å². The number of nitrogens with one attached hydrogen (secondary N) is 2. The molecule has 2 rings (SSSR count). The summed E-state index contributed by atoms with van der Waals surface area (Å²) in [6.07, 6.45) is 3.35. The van der Waals surface area contributed by atoms with Gasteiger partial charge in [-0.3, -0.25) is 10.2 Å². The monoisotopic (exact) mass is 299 g/mol. The summed E-state index contributed by atoms with van der Waals surface area (Å²) in [5, 5.41) is 17.0. The van der Waals surface area contributed by atoms with Crippen LogP contribution in [0.1, 0.15) is 46.5 Å². The zero-order chi connectivity index (χ0) is 15.5. The van der Waals surface area contributed by atoms with Crippen LogP contribution in [0.15, 0.2) is 0 Å². The Balaban J connectivity index is 1.85. The van der Waals surface area contributed by atoms with E-state index < -0.39 is 11.2 Å². The Labute approximate surface area is 127 Å². The number of carbonyl (C=O) groups excluding carboxylic acids is 1. The van der Waals surface area contributed by atoms with Crippen molar-refractivity contribution in [1.82, 2.24) is 15.5 Å². The van der Waals surface area contributed by atoms with Crippen LogP contribution in [0.4, 0.5) is 4.79 Å². The van der Waals surface area contributed by atoms with Gasteiger partial charge in [-0.1, -0.05) is 0 Å². The maximum absolute atomic E-state index is 12.2. The third-order valence-corrected chi connectivity index (χ3v) is 4.00. The van der Waals surface area contributed by atoms with Gasteiger partial charge in [-0.05, 0) is 53.0 Å². The lowest BCUT2D eigenvalue weighted by atomic mass is 9.94. The van der Waals surface area contributed by atoms with Gasteiger partial charge in [-0.2, -0.15) is 0 Å². The van der Waals surface area contributed by atoms with Gasteiger partial charge in [-0.25, -0.2) is 4.79 Å². The SMILES string of the molecule is CC(C)(C)OC(=O)N1CCCC1NCC1(O)CCCNC1. The second-order valence-electron chi connectivity index (χ2n) is 7.22. The molecule has 0 aliphatic carbocycles. The molecule has 0 aromatic heterocycles. The Morgan fingerprint density at radius 2 is 2.24 bits per heavy atom. The summed E-state index contributed by atoms with van der Waals surface area (Å²) in [6.45, 7) is 8.42. The fraction of sp³-hybridized carbons (Fsp3) is 0.933. The Hall–Kier alpha value is -0.850. The minimum Gasteiger partial charge on any atom is -0.444 e. The highest BCUT2D eigenvalue weighted by atomic mass is 16.6. The van der Waals surface area contributed by atoms with Gasteiger partial charge in [0.2, 0.25) is 0 Å². The van der Waals surface area contributed by atoms with Crippen molar-refractivity contribution in [3.63, 3.8) is 0 Å². The van der Waals surface area contributed by atoms with E-state index in [0.717, 1.165) is 32.2 Å². The van der Waals surface area contributed by atoms with E-state index in [9.17, 15) is 9.90 Å². The number of hydrogen-bond acceptors (Lipinski definition) is 5. The summed E-state index contributed by atoms with van der Waals surface area (Å²) in [4.78, 5) is 13.9. The summed E-state index contributed by atoms with van der Waals surface area (Å²) in [7, 11) is 0. The number of hydrogen-bond donors (Lipinski definition) is 3. The van der Waals surface area contributed by atoms with Gasteiger partial charge >= 0.3 is 6.09 Å². The number of nitrogens with zero attached hydrogens (tertiary/aromatic N) is 1. The highest BCUT2D eigenvalue weighted by Crippen LogP contribution is 2.21. The molecular weight excluding hydrogens is 270 g/mol. The molecule has 122 valence electrons. The van der Waals surface area contributed by atoms with Crippen LogP contribution in [0.5, 0.6) is 0 Å². The van der Waals surface area contributed by atoms with Crippen LogP contribution in [0.25, 0.3) is 0 Å². The van der Waals surface area contributed by atoms with Crippen molar-refractivity contribution in [2.75, 3.05) is 26.2 Å². The van der Waals surface area contributed by atoms with Gasteiger partial charge in [-0.15, -0.1) is 0 Å². The Morgan fingerprint density at radius 3 is 2.86 bits per heavy atom. The van der Waals surface area contributed by atoms with Crippen molar-refractivity contribution in [2.45, 2.75) is 63.8 Å². The molecule has 1 amide bonds. The minimum absolute atomic E-state index is 0.0363. The van der Waals surface area contributed by atoms with Gasteiger partial charge in [0.1, 0.15) is 5.60 Å².